The molecule has 1 saturated heterocycles. The molecule has 0 saturated carbocycles. The lowest BCUT2D eigenvalue weighted by molar-refractivity contribution is -0.121. The molecule has 0 bridgehead atoms. The first-order chi connectivity index (χ1) is 11.6. The van der Waals surface area contributed by atoms with Gasteiger partial charge in [0, 0.05) is 42.8 Å². The average Bonchev–Trinajstić information content (AvgIpc) is 3.04. The molecule has 1 aliphatic heterocycles. The minimum atomic E-state index is 0.0384. The van der Waals surface area contributed by atoms with Crippen LogP contribution in [-0.4, -0.2) is 40.0 Å². The van der Waals surface area contributed by atoms with Gasteiger partial charge < -0.3 is 10.2 Å². The van der Waals surface area contributed by atoms with Crippen LogP contribution in [0.5, 0.6) is 0 Å². The van der Waals surface area contributed by atoms with E-state index in [4.69, 9.17) is 0 Å². The first-order valence-electron chi connectivity index (χ1n) is 8.37. The minimum absolute atomic E-state index is 0.0384. The van der Waals surface area contributed by atoms with Gasteiger partial charge in [-0.1, -0.05) is 13.8 Å². The quantitative estimate of drug-likeness (QED) is 0.901. The van der Waals surface area contributed by atoms with Gasteiger partial charge in [-0.3, -0.25) is 4.79 Å². The molecule has 1 N–H and O–H groups in total. The monoisotopic (exact) mass is 345 g/mol. The van der Waals surface area contributed by atoms with Gasteiger partial charge in [0.2, 0.25) is 11.9 Å². The molecule has 1 aliphatic rings. The van der Waals surface area contributed by atoms with Crippen LogP contribution in [-0.2, 0) is 11.2 Å². The average molecular weight is 345 g/mol. The van der Waals surface area contributed by atoms with Crippen molar-refractivity contribution < 1.29 is 4.79 Å². The highest BCUT2D eigenvalue weighted by Crippen LogP contribution is 2.20. The molecule has 128 valence electrons. The number of carbonyl (C=O) groups is 1. The predicted octanol–water partition coefficient (Wildman–Crippen LogP) is 2.38. The second kappa shape index (κ2) is 7.70. The van der Waals surface area contributed by atoms with E-state index in [0.29, 0.717) is 12.3 Å². The number of aromatic nitrogens is 3. The third-order valence-electron chi connectivity index (χ3n) is 4.03. The van der Waals surface area contributed by atoms with Gasteiger partial charge in [-0.05, 0) is 18.9 Å². The van der Waals surface area contributed by atoms with Crippen LogP contribution in [0.4, 0.5) is 5.95 Å². The minimum Gasteiger partial charge on any atom is -0.351 e. The molecule has 3 rings (SSSR count). The van der Waals surface area contributed by atoms with E-state index in [1.54, 1.807) is 23.7 Å². The van der Waals surface area contributed by atoms with Gasteiger partial charge in [0.1, 0.15) is 0 Å². The Bertz CT molecular complexity index is 673. The number of nitrogens with zero attached hydrogens (tertiary/aromatic N) is 4. The Morgan fingerprint density at radius 3 is 2.92 bits per heavy atom. The number of amides is 1. The van der Waals surface area contributed by atoms with Crippen molar-refractivity contribution in [1.29, 1.82) is 0 Å². The van der Waals surface area contributed by atoms with Crippen molar-refractivity contribution >= 4 is 23.2 Å². The molecule has 1 atom stereocenters. The molecular formula is C17H23N5OS. The van der Waals surface area contributed by atoms with Gasteiger partial charge >= 0.3 is 0 Å². The molecule has 0 aliphatic carbocycles. The highest BCUT2D eigenvalue weighted by atomic mass is 32.1. The van der Waals surface area contributed by atoms with Crippen LogP contribution in [0, 0.1) is 0 Å². The van der Waals surface area contributed by atoms with E-state index in [1.807, 2.05) is 11.4 Å². The first kappa shape index (κ1) is 16.8. The summed E-state index contributed by atoms with van der Waals surface area (Å²) in [6.07, 6.45) is 5.86. The van der Waals surface area contributed by atoms with Crippen LogP contribution >= 0.6 is 11.3 Å². The maximum absolute atomic E-state index is 12.3. The maximum Gasteiger partial charge on any atom is 0.226 e. The lowest BCUT2D eigenvalue weighted by Crippen LogP contribution is -2.48. The third kappa shape index (κ3) is 4.29. The van der Waals surface area contributed by atoms with Crippen molar-refractivity contribution in [3.8, 4) is 0 Å². The number of hydrogen-bond donors (Lipinski definition) is 1. The molecule has 0 radical (unpaired) electrons. The van der Waals surface area contributed by atoms with E-state index in [2.05, 4.69) is 39.0 Å². The van der Waals surface area contributed by atoms with Crippen LogP contribution in [0.25, 0.3) is 0 Å². The molecule has 1 amide bonds. The maximum atomic E-state index is 12.3. The molecule has 1 fully saturated rings. The van der Waals surface area contributed by atoms with Gasteiger partial charge in [0.15, 0.2) is 0 Å². The standard InChI is InChI=1S/C17H23N5OS/c1-12(2)16-21-14(11-24-16)9-15(23)20-13-5-3-8-22(10-13)17-18-6-4-7-19-17/h4,6-7,11-13H,3,5,8-10H2,1-2H3,(H,20,23). The third-order valence-corrected chi connectivity index (χ3v) is 5.22. The highest BCUT2D eigenvalue weighted by Gasteiger charge is 2.23. The molecule has 1 unspecified atom stereocenters. The van der Waals surface area contributed by atoms with Crippen LogP contribution in [0.2, 0.25) is 0 Å². The molecule has 6 nitrogen and oxygen atoms in total. The van der Waals surface area contributed by atoms with Crippen molar-refractivity contribution in [2.75, 3.05) is 18.0 Å². The van der Waals surface area contributed by atoms with Gasteiger partial charge in [0.05, 0.1) is 17.1 Å². The van der Waals surface area contributed by atoms with E-state index in [0.717, 1.165) is 42.6 Å². The molecule has 2 aromatic heterocycles. The molecule has 3 heterocycles. The predicted molar refractivity (Wildman–Crippen MR) is 95.3 cm³/mol. The van der Waals surface area contributed by atoms with Crippen LogP contribution in [0.1, 0.15) is 43.3 Å². The van der Waals surface area contributed by atoms with E-state index in [-0.39, 0.29) is 11.9 Å². The summed E-state index contributed by atoms with van der Waals surface area (Å²) in [7, 11) is 0. The van der Waals surface area contributed by atoms with Gasteiger partial charge in [-0.2, -0.15) is 0 Å². The van der Waals surface area contributed by atoms with Crippen LogP contribution in [0.15, 0.2) is 23.8 Å². The number of anilines is 1. The summed E-state index contributed by atoms with van der Waals surface area (Å²) in [6, 6.07) is 1.95. The Balaban J connectivity index is 1.54. The Labute approximate surface area is 146 Å². The van der Waals surface area contributed by atoms with E-state index in [9.17, 15) is 4.79 Å². The van der Waals surface area contributed by atoms with Crippen molar-refractivity contribution in [2.24, 2.45) is 0 Å². The Kier molecular flexibility index (Phi) is 5.40. The summed E-state index contributed by atoms with van der Waals surface area (Å²) < 4.78 is 0. The van der Waals surface area contributed by atoms with Gasteiger partial charge in [-0.15, -0.1) is 11.3 Å². The van der Waals surface area contributed by atoms with E-state index >= 15 is 0 Å². The summed E-state index contributed by atoms with van der Waals surface area (Å²) in [5.41, 5.74) is 0.861. The number of hydrogen-bond acceptors (Lipinski definition) is 6. The van der Waals surface area contributed by atoms with Crippen LogP contribution < -0.4 is 10.2 Å². The van der Waals surface area contributed by atoms with Gasteiger partial charge in [-0.25, -0.2) is 15.0 Å². The fraction of sp³-hybridized carbons (Fsp3) is 0.529. The van der Waals surface area contributed by atoms with Crippen molar-refractivity contribution in [3.05, 3.63) is 34.5 Å². The SMILES string of the molecule is CC(C)c1nc(CC(=O)NC2CCCN(c3ncccn3)C2)cs1. The van der Waals surface area contributed by atoms with E-state index < -0.39 is 0 Å². The van der Waals surface area contributed by atoms with E-state index in [1.165, 1.54) is 0 Å². The van der Waals surface area contributed by atoms with Crippen molar-refractivity contribution in [1.82, 2.24) is 20.3 Å². The number of rotatable bonds is 5. The lowest BCUT2D eigenvalue weighted by Gasteiger charge is -2.33. The molecule has 7 heteroatoms. The number of piperidine rings is 1. The molecule has 24 heavy (non-hydrogen) atoms. The normalized spacial score (nSPS) is 18.0. The zero-order chi connectivity index (χ0) is 16.9. The number of thiazole rings is 1. The second-order valence-electron chi connectivity index (χ2n) is 6.41. The summed E-state index contributed by atoms with van der Waals surface area (Å²) >= 11 is 1.63. The Morgan fingerprint density at radius 2 is 2.21 bits per heavy atom. The van der Waals surface area contributed by atoms with Crippen LogP contribution in [0.3, 0.4) is 0 Å². The number of carbonyl (C=O) groups excluding carboxylic acids is 1. The zero-order valence-corrected chi connectivity index (χ0v) is 14.9. The summed E-state index contributed by atoms with van der Waals surface area (Å²) in [5.74, 6) is 1.18. The second-order valence-corrected chi connectivity index (χ2v) is 7.30. The summed E-state index contributed by atoms with van der Waals surface area (Å²) in [6.45, 7) is 5.92. The zero-order valence-electron chi connectivity index (χ0n) is 14.1. The van der Waals surface area contributed by atoms with Crippen molar-refractivity contribution in [3.63, 3.8) is 0 Å². The summed E-state index contributed by atoms with van der Waals surface area (Å²) in [4.78, 5) is 27.6. The molecule has 0 spiro atoms. The highest BCUT2D eigenvalue weighted by molar-refractivity contribution is 7.09. The Morgan fingerprint density at radius 1 is 1.42 bits per heavy atom. The summed E-state index contributed by atoms with van der Waals surface area (Å²) in [5, 5.41) is 6.21. The fourth-order valence-electron chi connectivity index (χ4n) is 2.84. The van der Waals surface area contributed by atoms with Gasteiger partial charge in [0.25, 0.3) is 0 Å². The molecule has 2 aromatic rings. The molecule has 0 aromatic carbocycles. The first-order valence-corrected chi connectivity index (χ1v) is 9.25. The molecular weight excluding hydrogens is 322 g/mol. The number of nitrogens with one attached hydrogen (secondary N) is 1. The topological polar surface area (TPSA) is 71.0 Å². The fourth-order valence-corrected chi connectivity index (χ4v) is 3.68. The Hall–Kier alpha value is -2.02. The lowest BCUT2D eigenvalue weighted by atomic mass is 10.1. The van der Waals surface area contributed by atoms with Crippen molar-refractivity contribution in [2.45, 2.75) is 45.1 Å². The largest absolute Gasteiger partial charge is 0.351 e. The smallest absolute Gasteiger partial charge is 0.226 e.